The number of aryl methyl sites for hydroxylation is 2. The minimum absolute atomic E-state index is 0.00444. The second-order valence-electron chi connectivity index (χ2n) is 6.75. The van der Waals surface area contributed by atoms with Crippen molar-refractivity contribution in [2.45, 2.75) is 40.3 Å². The number of carbonyl (C=O) groups is 1. The first-order valence-electron chi connectivity index (χ1n) is 8.99. The summed E-state index contributed by atoms with van der Waals surface area (Å²) in [6.07, 6.45) is 1.61. The van der Waals surface area contributed by atoms with Gasteiger partial charge in [-0.1, -0.05) is 12.1 Å². The highest BCUT2D eigenvalue weighted by atomic mass is 32.1. The normalized spacial score (nSPS) is 16.0. The van der Waals surface area contributed by atoms with Crippen molar-refractivity contribution in [2.24, 2.45) is 5.92 Å². The number of carbonyl (C=O) groups excluding carboxylic acids is 1. The summed E-state index contributed by atoms with van der Waals surface area (Å²) in [7, 11) is 0. The number of benzene rings is 1. The predicted octanol–water partition coefficient (Wildman–Crippen LogP) is 2.65. The highest BCUT2D eigenvalue weighted by Crippen LogP contribution is 2.20. The maximum atomic E-state index is 11.8. The molecule has 1 aliphatic heterocycles. The summed E-state index contributed by atoms with van der Waals surface area (Å²) < 4.78 is 9.15. The summed E-state index contributed by atoms with van der Waals surface area (Å²) >= 11 is 5.58. The van der Waals surface area contributed by atoms with Crippen molar-refractivity contribution in [1.29, 1.82) is 0 Å². The Labute approximate surface area is 158 Å². The van der Waals surface area contributed by atoms with Crippen LogP contribution in [0.4, 0.5) is 0 Å². The zero-order valence-electron chi connectivity index (χ0n) is 15.5. The van der Waals surface area contributed by atoms with Crippen molar-refractivity contribution in [3.63, 3.8) is 0 Å². The van der Waals surface area contributed by atoms with Crippen LogP contribution in [-0.2, 0) is 16.2 Å². The molecule has 140 valence electrons. The summed E-state index contributed by atoms with van der Waals surface area (Å²) in [4.78, 5) is 14.1. The lowest BCUT2D eigenvalue weighted by molar-refractivity contribution is -0.149. The summed E-state index contributed by atoms with van der Waals surface area (Å²) in [5, 5.41) is 8.48. The maximum absolute atomic E-state index is 11.8. The van der Waals surface area contributed by atoms with Gasteiger partial charge in [-0.3, -0.25) is 9.69 Å². The van der Waals surface area contributed by atoms with Gasteiger partial charge < -0.3 is 4.74 Å². The second-order valence-corrected chi connectivity index (χ2v) is 7.11. The third-order valence-electron chi connectivity index (χ3n) is 4.77. The van der Waals surface area contributed by atoms with E-state index in [4.69, 9.17) is 17.0 Å². The number of esters is 1. The molecule has 2 aromatic rings. The van der Waals surface area contributed by atoms with Crippen LogP contribution >= 0.6 is 12.2 Å². The Bertz CT molecular complexity index is 836. The van der Waals surface area contributed by atoms with Gasteiger partial charge in [0.25, 0.3) is 0 Å². The summed E-state index contributed by atoms with van der Waals surface area (Å²) in [5.74, 6) is -0.0746. The first-order chi connectivity index (χ1) is 12.5. The van der Waals surface area contributed by atoms with E-state index in [1.54, 1.807) is 9.36 Å². The average Bonchev–Trinajstić information content (AvgIpc) is 2.98. The molecule has 0 N–H and O–H groups in total. The molecule has 2 heterocycles. The fourth-order valence-electron chi connectivity index (χ4n) is 3.22. The summed E-state index contributed by atoms with van der Waals surface area (Å²) in [5.41, 5.74) is 3.22. The zero-order chi connectivity index (χ0) is 18.7. The summed E-state index contributed by atoms with van der Waals surface area (Å²) in [6.45, 7) is 8.59. The van der Waals surface area contributed by atoms with Crippen LogP contribution in [-0.4, -0.2) is 50.4 Å². The molecule has 0 amide bonds. The molecule has 1 aromatic heterocycles. The van der Waals surface area contributed by atoms with Crippen molar-refractivity contribution < 1.29 is 9.53 Å². The lowest BCUT2D eigenvalue weighted by Gasteiger charge is -2.30. The monoisotopic (exact) mass is 375 g/mol. The van der Waals surface area contributed by atoms with E-state index in [9.17, 15) is 4.79 Å². The fourth-order valence-corrected chi connectivity index (χ4v) is 3.45. The maximum Gasteiger partial charge on any atom is 0.309 e. The topological polar surface area (TPSA) is 65.2 Å². The molecule has 0 radical (unpaired) electrons. The van der Waals surface area contributed by atoms with Crippen LogP contribution in [0.5, 0.6) is 0 Å². The van der Waals surface area contributed by atoms with E-state index >= 15 is 0 Å². The van der Waals surface area contributed by atoms with Crippen LogP contribution < -0.4 is 0 Å². The predicted molar refractivity (Wildman–Crippen MR) is 101 cm³/mol. The third-order valence-corrected chi connectivity index (χ3v) is 5.16. The van der Waals surface area contributed by atoms with Gasteiger partial charge in [-0.15, -0.1) is 0 Å². The molecule has 0 bridgehead atoms. The Morgan fingerprint density at radius 1 is 1.27 bits per heavy atom. The van der Waals surface area contributed by atoms with Gasteiger partial charge in [-0.2, -0.15) is 4.68 Å². The van der Waals surface area contributed by atoms with Gasteiger partial charge >= 0.3 is 5.97 Å². The van der Waals surface area contributed by atoms with E-state index in [0.29, 0.717) is 18.0 Å². The molecule has 7 nitrogen and oxygen atoms in total. The Balaban J connectivity index is 1.67. The SMILES string of the molecule is CCOC(=O)C1CCN(Cn2nnn(-c3cc(C)ccc3C)c2=S)CC1. The molecule has 1 aromatic carbocycles. The summed E-state index contributed by atoms with van der Waals surface area (Å²) in [6, 6.07) is 6.20. The number of hydrogen-bond donors (Lipinski definition) is 0. The van der Waals surface area contributed by atoms with Gasteiger partial charge in [0, 0.05) is 13.1 Å². The first kappa shape index (κ1) is 18.7. The van der Waals surface area contributed by atoms with E-state index in [1.807, 2.05) is 20.8 Å². The van der Waals surface area contributed by atoms with Crippen molar-refractivity contribution in [3.05, 3.63) is 34.1 Å². The smallest absolute Gasteiger partial charge is 0.309 e. The number of ether oxygens (including phenoxy) is 1. The molecule has 1 saturated heterocycles. The standard InChI is InChI=1S/C18H25N5O2S/c1-4-25-17(24)15-7-9-21(10-8-15)12-22-18(26)23(20-19-22)16-11-13(2)5-6-14(16)3/h5-6,11,15H,4,7-10,12H2,1-3H3. The van der Waals surface area contributed by atoms with E-state index in [-0.39, 0.29) is 11.9 Å². The molecule has 3 rings (SSSR count). The molecular weight excluding hydrogens is 350 g/mol. The molecule has 0 atom stereocenters. The number of hydrogen-bond acceptors (Lipinski definition) is 6. The molecule has 0 aliphatic carbocycles. The largest absolute Gasteiger partial charge is 0.466 e. The van der Waals surface area contributed by atoms with Gasteiger partial charge in [-0.05, 0) is 73.5 Å². The quantitative estimate of drug-likeness (QED) is 0.591. The van der Waals surface area contributed by atoms with Crippen LogP contribution in [0.1, 0.15) is 30.9 Å². The van der Waals surface area contributed by atoms with Crippen molar-refractivity contribution >= 4 is 18.2 Å². The molecule has 1 fully saturated rings. The molecule has 26 heavy (non-hydrogen) atoms. The van der Waals surface area contributed by atoms with Crippen LogP contribution in [0.3, 0.4) is 0 Å². The van der Waals surface area contributed by atoms with Crippen LogP contribution in [0.15, 0.2) is 18.2 Å². The van der Waals surface area contributed by atoms with Gasteiger partial charge in [0.15, 0.2) is 0 Å². The van der Waals surface area contributed by atoms with E-state index in [0.717, 1.165) is 42.7 Å². The van der Waals surface area contributed by atoms with Crippen molar-refractivity contribution in [2.75, 3.05) is 19.7 Å². The fraction of sp³-hybridized carbons (Fsp3) is 0.556. The van der Waals surface area contributed by atoms with E-state index in [1.165, 1.54) is 0 Å². The second kappa shape index (κ2) is 8.09. The number of likely N-dealkylation sites (tertiary alicyclic amines) is 1. The number of aromatic nitrogens is 4. The van der Waals surface area contributed by atoms with Gasteiger partial charge in [-0.25, -0.2) is 4.68 Å². The van der Waals surface area contributed by atoms with Crippen molar-refractivity contribution in [1.82, 2.24) is 24.7 Å². The van der Waals surface area contributed by atoms with Crippen molar-refractivity contribution in [3.8, 4) is 5.69 Å². The molecule has 0 unspecified atom stereocenters. The molecule has 8 heteroatoms. The highest BCUT2D eigenvalue weighted by Gasteiger charge is 2.26. The van der Waals surface area contributed by atoms with Crippen LogP contribution in [0.2, 0.25) is 0 Å². The zero-order valence-corrected chi connectivity index (χ0v) is 16.3. The number of piperidine rings is 1. The minimum atomic E-state index is -0.0790. The van der Waals surface area contributed by atoms with E-state index < -0.39 is 0 Å². The highest BCUT2D eigenvalue weighted by molar-refractivity contribution is 7.71. The molecular formula is C18H25N5O2S. The number of rotatable bonds is 5. The van der Waals surface area contributed by atoms with Crippen LogP contribution in [0.25, 0.3) is 5.69 Å². The number of nitrogens with zero attached hydrogens (tertiary/aromatic N) is 5. The van der Waals surface area contributed by atoms with Gasteiger partial charge in [0.05, 0.1) is 24.9 Å². The Morgan fingerprint density at radius 2 is 2.00 bits per heavy atom. The van der Waals surface area contributed by atoms with E-state index in [2.05, 4.69) is 33.5 Å². The molecule has 0 saturated carbocycles. The average molecular weight is 375 g/mol. The van der Waals surface area contributed by atoms with Gasteiger partial charge in [0.2, 0.25) is 4.77 Å². The lowest BCUT2D eigenvalue weighted by atomic mass is 9.97. The third kappa shape index (κ3) is 4.02. The lowest BCUT2D eigenvalue weighted by Crippen LogP contribution is -2.38. The first-order valence-corrected chi connectivity index (χ1v) is 9.40. The molecule has 1 aliphatic rings. The molecule has 0 spiro atoms. The van der Waals surface area contributed by atoms with Crippen LogP contribution in [0, 0.1) is 24.5 Å². The van der Waals surface area contributed by atoms with Gasteiger partial charge in [0.1, 0.15) is 0 Å². The Morgan fingerprint density at radius 3 is 2.69 bits per heavy atom. The minimum Gasteiger partial charge on any atom is -0.466 e. The Hall–Kier alpha value is -2.06. The number of tetrazole rings is 1. The Kier molecular flexibility index (Phi) is 5.83.